The number of nitrogens with one attached hydrogen (secondary N) is 4. The summed E-state index contributed by atoms with van der Waals surface area (Å²) in [6.07, 6.45) is -0.403. The lowest BCUT2D eigenvalue weighted by Gasteiger charge is -2.31. The number of aromatic amines is 2. The first-order valence-corrected chi connectivity index (χ1v) is 18.4. The molecule has 0 bridgehead atoms. The molecule has 2 aromatic heterocycles. The van der Waals surface area contributed by atoms with Gasteiger partial charge in [0.15, 0.2) is 0 Å². The highest BCUT2D eigenvalue weighted by Gasteiger charge is 2.36. The molecule has 0 unspecified atom stereocenters. The average Bonchev–Trinajstić information content (AvgIpc) is 3.87. The fraction of sp³-hybridized carbons (Fsp3) is 0.450. The lowest BCUT2D eigenvalue weighted by molar-refractivity contribution is -0.131. The van der Waals surface area contributed by atoms with Crippen LogP contribution in [0.25, 0.3) is 33.6 Å². The molecule has 0 aliphatic carbocycles. The van der Waals surface area contributed by atoms with Gasteiger partial charge in [-0.2, -0.15) is 0 Å². The molecule has 302 valence electrons. The normalized spacial score (nSPS) is 14.7. The van der Waals surface area contributed by atoms with Gasteiger partial charge in [0, 0.05) is 28.3 Å². The Morgan fingerprint density at radius 3 is 1.16 bits per heavy atom. The smallest absolute Gasteiger partial charge is 0.407 e. The van der Waals surface area contributed by atoms with Gasteiger partial charge in [0.1, 0.15) is 23.7 Å². The Labute approximate surface area is 327 Å². The molecule has 16 nitrogen and oxygen atoms in total. The maximum absolute atomic E-state index is 13.3. The molecule has 4 aromatic rings. The summed E-state index contributed by atoms with van der Waals surface area (Å²) >= 11 is 0. The summed E-state index contributed by atoms with van der Waals surface area (Å²) in [5.74, 6) is 0.00850. The first-order chi connectivity index (χ1) is 26.5. The molecule has 0 saturated carbocycles. The summed E-state index contributed by atoms with van der Waals surface area (Å²) in [5, 5.41) is 25.0. The van der Waals surface area contributed by atoms with Crippen molar-refractivity contribution < 1.29 is 38.9 Å². The number of carbonyl (C=O) groups excluding carboxylic acids is 2. The van der Waals surface area contributed by atoms with Crippen LogP contribution in [0.4, 0.5) is 9.59 Å². The zero-order valence-corrected chi connectivity index (χ0v) is 33.5. The minimum atomic E-state index is -1.24. The number of rotatable bonds is 17. The highest BCUT2D eigenvalue weighted by Crippen LogP contribution is 2.29. The summed E-state index contributed by atoms with van der Waals surface area (Å²) in [6.45, 7) is 11.1. The molecular weight excluding hydrogens is 720 g/mol. The van der Waals surface area contributed by atoms with Gasteiger partial charge in [0.05, 0.1) is 48.1 Å². The maximum Gasteiger partial charge on any atom is 0.407 e. The second-order valence-corrected chi connectivity index (χ2v) is 14.5. The van der Waals surface area contributed by atoms with Crippen LogP contribution in [0.1, 0.15) is 65.3 Å². The van der Waals surface area contributed by atoms with E-state index in [4.69, 9.17) is 9.47 Å². The first kappa shape index (κ1) is 43.0. The molecule has 16 heteroatoms. The number of hydrogen-bond acceptors (Lipinski definition) is 8. The number of carboxylic acid groups (broad SMARTS) is 2. The number of benzene rings is 2. The third-order valence-corrected chi connectivity index (χ3v) is 10.0. The Hall–Kier alpha value is -5.74. The Kier molecular flexibility index (Phi) is 14.4. The highest BCUT2D eigenvalue weighted by molar-refractivity contribution is 5.87. The zero-order chi connectivity index (χ0) is 41.4. The van der Waals surface area contributed by atoms with Gasteiger partial charge < -0.3 is 40.3 Å². The first-order valence-electron chi connectivity index (χ1n) is 18.4. The SMILES string of the molecule is CO[C@H](C)[C@@H](C(=O)N[C@H](c1ncc(-c2ccc(-c3ccc(-c4cnc([C@@H](NC(=O)[C@H]([C@@H](C)OC)N(C)C(=O)O)C(C)C)[nH]4)cc3)cc2)[nH]1)C(C)C)N(C)C(=O)O. The van der Waals surface area contributed by atoms with Gasteiger partial charge in [-0.25, -0.2) is 19.6 Å². The van der Waals surface area contributed by atoms with Crippen LogP contribution in [0.2, 0.25) is 0 Å². The minimum Gasteiger partial charge on any atom is -0.465 e. The van der Waals surface area contributed by atoms with Crippen molar-refractivity contribution in [2.45, 2.75) is 77.9 Å². The van der Waals surface area contributed by atoms with Crippen LogP contribution in [0.15, 0.2) is 60.9 Å². The number of likely N-dealkylation sites (N-methyl/N-ethyl adjacent to an activating group) is 2. The summed E-state index contributed by atoms with van der Waals surface area (Å²) in [6, 6.07) is 12.8. The molecule has 6 N–H and O–H groups in total. The number of imidazole rings is 2. The van der Waals surface area contributed by atoms with Crippen LogP contribution < -0.4 is 10.6 Å². The van der Waals surface area contributed by atoms with Crippen molar-refractivity contribution in [3.63, 3.8) is 0 Å². The Morgan fingerprint density at radius 2 is 0.893 bits per heavy atom. The molecule has 2 heterocycles. The van der Waals surface area contributed by atoms with Crippen LogP contribution in [0.3, 0.4) is 0 Å². The van der Waals surface area contributed by atoms with Gasteiger partial charge in [0.2, 0.25) is 11.8 Å². The lowest BCUT2D eigenvalue weighted by Crippen LogP contribution is -2.54. The van der Waals surface area contributed by atoms with Crippen LogP contribution in [0.5, 0.6) is 0 Å². The van der Waals surface area contributed by atoms with Crippen molar-refractivity contribution in [2.24, 2.45) is 11.8 Å². The molecule has 0 fully saturated rings. The predicted molar refractivity (Wildman–Crippen MR) is 211 cm³/mol. The van der Waals surface area contributed by atoms with Crippen LogP contribution in [-0.4, -0.2) is 117 Å². The monoisotopic (exact) mass is 774 g/mol. The highest BCUT2D eigenvalue weighted by atomic mass is 16.5. The maximum atomic E-state index is 13.3. The van der Waals surface area contributed by atoms with E-state index in [1.54, 1.807) is 26.2 Å². The quantitative estimate of drug-likeness (QED) is 0.0760. The van der Waals surface area contributed by atoms with Crippen molar-refractivity contribution in [2.75, 3.05) is 28.3 Å². The number of nitrogens with zero attached hydrogens (tertiary/aromatic N) is 4. The number of H-pyrrole nitrogens is 2. The Morgan fingerprint density at radius 1 is 0.589 bits per heavy atom. The van der Waals surface area contributed by atoms with Crippen LogP contribution in [-0.2, 0) is 19.1 Å². The summed E-state index contributed by atoms with van der Waals surface area (Å²) in [7, 11) is 5.54. The van der Waals surface area contributed by atoms with E-state index in [1.165, 1.54) is 28.3 Å². The molecule has 0 spiro atoms. The predicted octanol–water partition coefficient (Wildman–Crippen LogP) is 5.79. The third kappa shape index (κ3) is 9.92. The molecule has 56 heavy (non-hydrogen) atoms. The van der Waals surface area contributed by atoms with Crippen molar-refractivity contribution in [1.29, 1.82) is 0 Å². The fourth-order valence-electron chi connectivity index (χ4n) is 6.45. The van der Waals surface area contributed by atoms with Gasteiger partial charge in [-0.3, -0.25) is 19.4 Å². The van der Waals surface area contributed by atoms with Crippen molar-refractivity contribution >= 4 is 24.0 Å². The second-order valence-electron chi connectivity index (χ2n) is 14.5. The van der Waals surface area contributed by atoms with E-state index in [-0.39, 0.29) is 11.8 Å². The molecule has 4 amide bonds. The second kappa shape index (κ2) is 18.7. The number of aromatic nitrogens is 4. The van der Waals surface area contributed by atoms with Gasteiger partial charge in [-0.1, -0.05) is 76.2 Å². The molecule has 0 saturated heterocycles. The van der Waals surface area contributed by atoms with Crippen LogP contribution in [0, 0.1) is 11.8 Å². The van der Waals surface area contributed by atoms with Gasteiger partial charge in [0.25, 0.3) is 0 Å². The van der Waals surface area contributed by atoms with E-state index in [1.807, 2.05) is 76.2 Å². The van der Waals surface area contributed by atoms with Crippen molar-refractivity contribution in [1.82, 2.24) is 40.4 Å². The van der Waals surface area contributed by atoms with E-state index in [0.29, 0.717) is 11.6 Å². The Balaban J connectivity index is 1.47. The third-order valence-electron chi connectivity index (χ3n) is 10.0. The van der Waals surface area contributed by atoms with Gasteiger partial charge in [-0.05, 0) is 47.9 Å². The van der Waals surface area contributed by atoms with E-state index < -0.39 is 60.4 Å². The number of carbonyl (C=O) groups is 4. The summed E-state index contributed by atoms with van der Waals surface area (Å²) in [4.78, 5) is 67.7. The topological polar surface area (TPSA) is 215 Å². The number of amides is 4. The van der Waals surface area contributed by atoms with Gasteiger partial charge >= 0.3 is 12.2 Å². The number of hydrogen-bond donors (Lipinski definition) is 6. The molecule has 2 aromatic carbocycles. The van der Waals surface area contributed by atoms with Crippen LogP contribution >= 0.6 is 0 Å². The van der Waals surface area contributed by atoms with Crippen molar-refractivity contribution in [3.8, 4) is 33.6 Å². The zero-order valence-electron chi connectivity index (χ0n) is 33.5. The molecule has 0 aliphatic heterocycles. The molecule has 6 atom stereocenters. The van der Waals surface area contributed by atoms with Crippen molar-refractivity contribution in [3.05, 3.63) is 72.6 Å². The van der Waals surface area contributed by atoms with E-state index in [0.717, 1.165) is 43.4 Å². The number of methoxy groups -OCH3 is 2. The molecule has 4 rings (SSSR count). The molecule has 0 radical (unpaired) electrons. The average molecular weight is 775 g/mol. The largest absolute Gasteiger partial charge is 0.465 e. The molecular formula is C40H54N8O8. The fourth-order valence-corrected chi connectivity index (χ4v) is 6.45. The van der Waals surface area contributed by atoms with E-state index >= 15 is 0 Å². The van der Waals surface area contributed by atoms with E-state index in [9.17, 15) is 29.4 Å². The Bertz CT molecular complexity index is 1800. The summed E-state index contributed by atoms with van der Waals surface area (Å²) < 4.78 is 10.6. The van der Waals surface area contributed by atoms with E-state index in [2.05, 4.69) is 30.6 Å². The molecule has 0 aliphatic rings. The lowest BCUT2D eigenvalue weighted by atomic mass is 10.0. The standard InChI is InChI=1S/C40H54N8O8/c1-21(2)31(45-37(49)33(23(5)55-9)47(7)39(51)52)35-41-19-29(43-35)27-15-11-25(12-16-27)26-13-17-28(18-14-26)30-20-42-36(44-30)32(22(3)4)46-38(50)34(24(6)56-10)48(8)40(53)54/h11-24,31-34H,1-10H3,(H,41,43)(H,42,44)(H,45,49)(H,46,50)(H,51,52)(H,53,54)/t23-,24-,31+,32+,33+,34+/m1/s1. The minimum absolute atomic E-state index is 0.0571. The van der Waals surface area contributed by atoms with Gasteiger partial charge in [-0.15, -0.1) is 0 Å². The number of ether oxygens (including phenoxy) is 2. The summed E-state index contributed by atoms with van der Waals surface area (Å²) in [5.41, 5.74) is 5.29.